The predicted octanol–water partition coefficient (Wildman–Crippen LogP) is 2.51. The fraction of sp³-hybridized carbons (Fsp3) is 0.364. The van der Waals surface area contributed by atoms with Gasteiger partial charge in [0.25, 0.3) is 5.91 Å². The molecule has 9 nitrogen and oxygen atoms in total. The number of amides is 2. The zero-order chi connectivity index (χ0) is 23.0. The SMILES string of the molecule is COc1ccccc1NC(=O)C1CCCN1S(=O)(=O)c1cc2c(cc1C)NC(=O)C(C)O2. The number of fused-ring (bicyclic) bond motifs is 1. The van der Waals surface area contributed by atoms with Crippen molar-refractivity contribution in [1.29, 1.82) is 0 Å². The monoisotopic (exact) mass is 459 g/mol. The van der Waals surface area contributed by atoms with Crippen LogP contribution >= 0.6 is 0 Å². The van der Waals surface area contributed by atoms with Crippen LogP contribution in [0.3, 0.4) is 0 Å². The van der Waals surface area contributed by atoms with Crippen LogP contribution < -0.4 is 20.1 Å². The molecular formula is C22H25N3O6S. The Morgan fingerprint density at radius 1 is 1.28 bits per heavy atom. The van der Waals surface area contributed by atoms with Crippen LogP contribution in [0.2, 0.25) is 0 Å². The van der Waals surface area contributed by atoms with Crippen LogP contribution in [-0.2, 0) is 19.6 Å². The zero-order valence-corrected chi connectivity index (χ0v) is 18.9. The lowest BCUT2D eigenvalue weighted by molar-refractivity contribution is -0.122. The number of nitrogens with one attached hydrogen (secondary N) is 2. The van der Waals surface area contributed by atoms with E-state index in [1.165, 1.54) is 17.5 Å². The van der Waals surface area contributed by atoms with E-state index < -0.39 is 28.1 Å². The van der Waals surface area contributed by atoms with Gasteiger partial charge in [0.1, 0.15) is 17.5 Å². The third kappa shape index (κ3) is 3.91. The Morgan fingerprint density at radius 3 is 2.78 bits per heavy atom. The molecule has 0 aromatic heterocycles. The molecule has 2 atom stereocenters. The summed E-state index contributed by atoms with van der Waals surface area (Å²) in [5, 5.41) is 5.51. The standard InChI is InChI=1S/C22H25N3O6S/c1-13-11-16-19(31-14(2)21(26)24-16)12-20(13)32(28,29)25-10-6-8-17(25)22(27)23-15-7-4-5-9-18(15)30-3/h4-5,7,9,11-12,14,17H,6,8,10H2,1-3H3,(H,23,27)(H,24,26). The van der Waals surface area contributed by atoms with Gasteiger partial charge in [-0.2, -0.15) is 4.31 Å². The molecule has 2 N–H and O–H groups in total. The molecule has 2 aromatic carbocycles. The third-order valence-corrected chi connectivity index (χ3v) is 7.72. The first-order valence-corrected chi connectivity index (χ1v) is 11.7. The number of rotatable bonds is 5. The van der Waals surface area contributed by atoms with E-state index in [2.05, 4.69) is 10.6 Å². The van der Waals surface area contributed by atoms with Gasteiger partial charge < -0.3 is 20.1 Å². The Balaban J connectivity index is 1.63. The molecule has 2 unspecified atom stereocenters. The topological polar surface area (TPSA) is 114 Å². The van der Waals surface area contributed by atoms with E-state index >= 15 is 0 Å². The Labute approximate surface area is 186 Å². The number of benzene rings is 2. The maximum atomic E-state index is 13.6. The van der Waals surface area contributed by atoms with E-state index in [9.17, 15) is 18.0 Å². The molecule has 0 spiro atoms. The van der Waals surface area contributed by atoms with Gasteiger partial charge in [0.15, 0.2) is 6.10 Å². The first kappa shape index (κ1) is 22.1. The van der Waals surface area contributed by atoms with Crippen LogP contribution in [0.5, 0.6) is 11.5 Å². The molecule has 0 saturated carbocycles. The molecule has 32 heavy (non-hydrogen) atoms. The highest BCUT2D eigenvalue weighted by Crippen LogP contribution is 2.37. The van der Waals surface area contributed by atoms with E-state index in [-0.39, 0.29) is 23.1 Å². The van der Waals surface area contributed by atoms with Crippen molar-refractivity contribution in [2.24, 2.45) is 0 Å². The normalized spacial score (nSPS) is 20.8. The van der Waals surface area contributed by atoms with Gasteiger partial charge in [0.05, 0.1) is 23.4 Å². The predicted molar refractivity (Wildman–Crippen MR) is 118 cm³/mol. The smallest absolute Gasteiger partial charge is 0.265 e. The molecule has 1 saturated heterocycles. The summed E-state index contributed by atoms with van der Waals surface area (Å²) < 4.78 is 39.2. The van der Waals surface area contributed by atoms with Crippen LogP contribution in [0.25, 0.3) is 0 Å². The molecule has 2 amide bonds. The second kappa shape index (κ2) is 8.44. The minimum atomic E-state index is -3.99. The van der Waals surface area contributed by atoms with Crippen LogP contribution in [0.4, 0.5) is 11.4 Å². The molecule has 1 fully saturated rings. The Kier molecular flexibility index (Phi) is 5.83. The lowest BCUT2D eigenvalue weighted by Crippen LogP contribution is -2.43. The number of hydrogen-bond donors (Lipinski definition) is 2. The van der Waals surface area contributed by atoms with E-state index in [1.807, 2.05) is 0 Å². The molecular weight excluding hydrogens is 434 g/mol. The summed E-state index contributed by atoms with van der Waals surface area (Å²) in [4.78, 5) is 24.9. The number of aryl methyl sites for hydroxylation is 1. The second-order valence-electron chi connectivity index (χ2n) is 7.83. The van der Waals surface area contributed by atoms with Gasteiger partial charge in [0, 0.05) is 12.6 Å². The summed E-state index contributed by atoms with van der Waals surface area (Å²) in [6.07, 6.45) is 0.247. The first-order chi connectivity index (χ1) is 15.2. The van der Waals surface area contributed by atoms with Gasteiger partial charge in [-0.25, -0.2) is 8.42 Å². The lowest BCUT2D eigenvalue weighted by Gasteiger charge is -2.27. The van der Waals surface area contributed by atoms with Crippen molar-refractivity contribution in [3.63, 3.8) is 0 Å². The number of para-hydroxylation sites is 2. The number of carbonyl (C=O) groups excluding carboxylic acids is 2. The average Bonchev–Trinajstić information content (AvgIpc) is 3.26. The number of methoxy groups -OCH3 is 1. The molecule has 4 rings (SSSR count). The van der Waals surface area contributed by atoms with Gasteiger partial charge >= 0.3 is 0 Å². The minimum absolute atomic E-state index is 0.0524. The minimum Gasteiger partial charge on any atom is -0.495 e. The second-order valence-corrected chi connectivity index (χ2v) is 9.69. The maximum absolute atomic E-state index is 13.6. The van der Waals surface area contributed by atoms with Crippen molar-refractivity contribution >= 4 is 33.2 Å². The molecule has 0 bridgehead atoms. The van der Waals surface area contributed by atoms with Crippen molar-refractivity contribution in [3.05, 3.63) is 42.0 Å². The maximum Gasteiger partial charge on any atom is 0.265 e. The quantitative estimate of drug-likeness (QED) is 0.710. The highest BCUT2D eigenvalue weighted by molar-refractivity contribution is 7.89. The average molecular weight is 460 g/mol. The molecule has 2 aliphatic rings. The number of carbonyl (C=O) groups is 2. The number of hydrogen-bond acceptors (Lipinski definition) is 6. The van der Waals surface area contributed by atoms with Gasteiger partial charge in [-0.05, 0) is 50.5 Å². The molecule has 170 valence electrons. The lowest BCUT2D eigenvalue weighted by atomic mass is 10.1. The largest absolute Gasteiger partial charge is 0.495 e. The molecule has 2 aliphatic heterocycles. The third-order valence-electron chi connectivity index (χ3n) is 5.67. The summed E-state index contributed by atoms with van der Waals surface area (Å²) in [7, 11) is -2.49. The van der Waals surface area contributed by atoms with Crippen LogP contribution in [0.1, 0.15) is 25.3 Å². The highest BCUT2D eigenvalue weighted by Gasteiger charge is 2.41. The van der Waals surface area contributed by atoms with Crippen molar-refractivity contribution in [1.82, 2.24) is 4.31 Å². The fourth-order valence-corrected chi connectivity index (χ4v) is 5.88. The van der Waals surface area contributed by atoms with E-state index in [1.54, 1.807) is 44.2 Å². The van der Waals surface area contributed by atoms with E-state index in [0.717, 1.165) is 0 Å². The van der Waals surface area contributed by atoms with Crippen LogP contribution in [-0.4, -0.2) is 50.3 Å². The molecule has 0 aliphatic carbocycles. The summed E-state index contributed by atoms with van der Waals surface area (Å²) in [5.74, 6) is 0.0750. The van der Waals surface area contributed by atoms with Gasteiger partial charge in [-0.1, -0.05) is 12.1 Å². The van der Waals surface area contributed by atoms with Gasteiger partial charge in [-0.3, -0.25) is 9.59 Å². The Morgan fingerprint density at radius 2 is 2.03 bits per heavy atom. The van der Waals surface area contributed by atoms with E-state index in [0.29, 0.717) is 35.5 Å². The summed E-state index contributed by atoms with van der Waals surface area (Å²) >= 11 is 0. The van der Waals surface area contributed by atoms with Crippen LogP contribution in [0.15, 0.2) is 41.3 Å². The highest BCUT2D eigenvalue weighted by atomic mass is 32.2. The van der Waals surface area contributed by atoms with E-state index in [4.69, 9.17) is 9.47 Å². The van der Waals surface area contributed by atoms with Crippen molar-refractivity contribution in [3.8, 4) is 11.5 Å². The van der Waals surface area contributed by atoms with Gasteiger partial charge in [-0.15, -0.1) is 0 Å². The molecule has 2 heterocycles. The first-order valence-electron chi connectivity index (χ1n) is 10.3. The van der Waals surface area contributed by atoms with Gasteiger partial charge in [0.2, 0.25) is 15.9 Å². The number of ether oxygens (including phenoxy) is 2. The number of nitrogens with zero attached hydrogens (tertiary/aromatic N) is 1. The summed E-state index contributed by atoms with van der Waals surface area (Å²) in [5.41, 5.74) is 1.36. The van der Waals surface area contributed by atoms with Crippen molar-refractivity contribution in [2.45, 2.75) is 43.7 Å². The van der Waals surface area contributed by atoms with Crippen LogP contribution in [0, 0.1) is 6.92 Å². The summed E-state index contributed by atoms with van der Waals surface area (Å²) in [6.45, 7) is 3.47. The van der Waals surface area contributed by atoms with Crippen molar-refractivity contribution in [2.75, 3.05) is 24.3 Å². The Hall–Kier alpha value is -3.11. The molecule has 10 heteroatoms. The summed E-state index contributed by atoms with van der Waals surface area (Å²) in [6, 6.07) is 9.11. The number of sulfonamides is 1. The fourth-order valence-electron chi connectivity index (χ4n) is 4.00. The number of anilines is 2. The molecule has 0 radical (unpaired) electrons. The Bertz CT molecular complexity index is 1180. The zero-order valence-electron chi connectivity index (χ0n) is 18.0. The molecule has 2 aromatic rings. The van der Waals surface area contributed by atoms with Crippen molar-refractivity contribution < 1.29 is 27.5 Å².